The van der Waals surface area contributed by atoms with Crippen LogP contribution in [0.25, 0.3) is 0 Å². The van der Waals surface area contributed by atoms with Gasteiger partial charge in [0.1, 0.15) is 0 Å². The minimum atomic E-state index is 0.0370. The maximum absolute atomic E-state index is 5.67. The molecular formula is C10H20O2. The van der Waals surface area contributed by atoms with Gasteiger partial charge in [-0.05, 0) is 20.3 Å². The zero-order chi connectivity index (χ0) is 9.14. The summed E-state index contributed by atoms with van der Waals surface area (Å²) >= 11 is 0. The van der Waals surface area contributed by atoms with Crippen molar-refractivity contribution in [2.75, 3.05) is 0 Å². The minimum Gasteiger partial charge on any atom is -0.347 e. The van der Waals surface area contributed by atoms with Crippen molar-refractivity contribution < 1.29 is 9.47 Å². The quantitative estimate of drug-likeness (QED) is 0.651. The Labute approximate surface area is 75.2 Å². The van der Waals surface area contributed by atoms with Gasteiger partial charge in [-0.25, -0.2) is 0 Å². The van der Waals surface area contributed by atoms with Crippen LogP contribution < -0.4 is 0 Å². The van der Waals surface area contributed by atoms with Gasteiger partial charge in [-0.2, -0.15) is 0 Å². The molecule has 1 aliphatic heterocycles. The van der Waals surface area contributed by atoms with E-state index in [0.717, 1.165) is 0 Å². The molecule has 1 aliphatic rings. The van der Waals surface area contributed by atoms with E-state index in [-0.39, 0.29) is 18.5 Å². The van der Waals surface area contributed by atoms with Crippen molar-refractivity contribution in [3.05, 3.63) is 0 Å². The van der Waals surface area contributed by atoms with Gasteiger partial charge >= 0.3 is 0 Å². The lowest BCUT2D eigenvalue weighted by atomic mass is 10.1. The Balaban J connectivity index is 2.35. The Bertz CT molecular complexity index is 126. The fraction of sp³-hybridized carbons (Fsp3) is 1.00. The Kier molecular flexibility index (Phi) is 3.53. The molecule has 1 rings (SSSR count). The summed E-state index contributed by atoms with van der Waals surface area (Å²) in [6.07, 6.45) is 2.94. The molecule has 2 nitrogen and oxygen atoms in total. The molecule has 0 bridgehead atoms. The van der Waals surface area contributed by atoms with Crippen LogP contribution in [-0.4, -0.2) is 18.5 Å². The molecular weight excluding hydrogens is 152 g/mol. The summed E-state index contributed by atoms with van der Waals surface area (Å²) in [5, 5.41) is 0. The molecule has 0 N–H and O–H groups in total. The third-order valence-corrected chi connectivity index (χ3v) is 2.57. The van der Waals surface area contributed by atoms with E-state index >= 15 is 0 Å². The maximum atomic E-state index is 5.67. The van der Waals surface area contributed by atoms with E-state index in [1.165, 1.54) is 12.8 Å². The van der Waals surface area contributed by atoms with Crippen molar-refractivity contribution in [1.29, 1.82) is 0 Å². The summed E-state index contributed by atoms with van der Waals surface area (Å²) in [5.41, 5.74) is 0. The normalized spacial score (nSPS) is 38.5. The van der Waals surface area contributed by atoms with E-state index in [1.807, 2.05) is 0 Å². The first-order valence-corrected chi connectivity index (χ1v) is 4.96. The van der Waals surface area contributed by atoms with Crippen LogP contribution in [0.2, 0.25) is 0 Å². The molecule has 0 aromatic carbocycles. The van der Waals surface area contributed by atoms with Gasteiger partial charge in [0.15, 0.2) is 6.29 Å². The zero-order valence-corrected chi connectivity index (χ0v) is 8.54. The Morgan fingerprint density at radius 1 is 1.17 bits per heavy atom. The Morgan fingerprint density at radius 3 is 2.08 bits per heavy atom. The van der Waals surface area contributed by atoms with Crippen molar-refractivity contribution in [2.24, 2.45) is 5.92 Å². The van der Waals surface area contributed by atoms with E-state index in [4.69, 9.17) is 9.47 Å². The molecule has 1 fully saturated rings. The average Bonchev–Trinajstić information content (AvgIpc) is 2.33. The highest BCUT2D eigenvalue weighted by molar-refractivity contribution is 4.72. The smallest absolute Gasteiger partial charge is 0.161 e. The minimum absolute atomic E-state index is 0.0370. The molecule has 12 heavy (non-hydrogen) atoms. The topological polar surface area (TPSA) is 18.5 Å². The maximum Gasteiger partial charge on any atom is 0.161 e. The van der Waals surface area contributed by atoms with Gasteiger partial charge in [0.2, 0.25) is 0 Å². The van der Waals surface area contributed by atoms with Crippen molar-refractivity contribution in [3.63, 3.8) is 0 Å². The second kappa shape index (κ2) is 4.24. The van der Waals surface area contributed by atoms with Gasteiger partial charge in [-0.3, -0.25) is 0 Å². The molecule has 0 spiro atoms. The number of rotatable bonds is 3. The molecule has 0 aromatic heterocycles. The van der Waals surface area contributed by atoms with Crippen LogP contribution in [0.1, 0.15) is 40.5 Å². The molecule has 0 aromatic rings. The molecule has 3 unspecified atom stereocenters. The molecule has 0 saturated carbocycles. The SMILES string of the molecule is CCCC(C)C1OC(C)C(C)O1. The molecule has 1 saturated heterocycles. The number of ether oxygens (including phenoxy) is 2. The lowest BCUT2D eigenvalue weighted by molar-refractivity contribution is -0.0984. The average molecular weight is 172 g/mol. The van der Waals surface area contributed by atoms with Crippen molar-refractivity contribution >= 4 is 0 Å². The predicted octanol–water partition coefficient (Wildman–Crippen LogP) is 2.57. The molecule has 0 aliphatic carbocycles. The van der Waals surface area contributed by atoms with Gasteiger partial charge in [-0.15, -0.1) is 0 Å². The zero-order valence-electron chi connectivity index (χ0n) is 8.54. The lowest BCUT2D eigenvalue weighted by Crippen LogP contribution is -2.19. The second-order valence-corrected chi connectivity index (χ2v) is 3.82. The summed E-state index contributed by atoms with van der Waals surface area (Å²) in [5.74, 6) is 0.530. The lowest BCUT2D eigenvalue weighted by Gasteiger charge is -2.17. The van der Waals surface area contributed by atoms with Gasteiger partial charge in [0.25, 0.3) is 0 Å². The first-order chi connectivity index (χ1) is 5.65. The second-order valence-electron chi connectivity index (χ2n) is 3.82. The third-order valence-electron chi connectivity index (χ3n) is 2.57. The first kappa shape index (κ1) is 10.0. The van der Waals surface area contributed by atoms with E-state index < -0.39 is 0 Å². The largest absolute Gasteiger partial charge is 0.347 e. The van der Waals surface area contributed by atoms with Crippen molar-refractivity contribution in [1.82, 2.24) is 0 Å². The summed E-state index contributed by atoms with van der Waals surface area (Å²) in [6.45, 7) is 8.53. The van der Waals surface area contributed by atoms with Gasteiger partial charge < -0.3 is 9.47 Å². The van der Waals surface area contributed by atoms with Gasteiger partial charge in [-0.1, -0.05) is 20.3 Å². The Hall–Kier alpha value is -0.0800. The third kappa shape index (κ3) is 2.20. The van der Waals surface area contributed by atoms with E-state index in [1.54, 1.807) is 0 Å². The van der Waals surface area contributed by atoms with E-state index in [9.17, 15) is 0 Å². The van der Waals surface area contributed by atoms with Gasteiger partial charge in [0, 0.05) is 5.92 Å². The highest BCUT2D eigenvalue weighted by Gasteiger charge is 2.32. The molecule has 0 amide bonds. The number of hydrogen-bond acceptors (Lipinski definition) is 2. The highest BCUT2D eigenvalue weighted by Crippen LogP contribution is 2.26. The van der Waals surface area contributed by atoms with Crippen LogP contribution in [0, 0.1) is 5.92 Å². The summed E-state index contributed by atoms with van der Waals surface area (Å²) in [6, 6.07) is 0. The first-order valence-electron chi connectivity index (χ1n) is 4.96. The number of hydrogen-bond donors (Lipinski definition) is 0. The van der Waals surface area contributed by atoms with Crippen LogP contribution in [0.5, 0.6) is 0 Å². The monoisotopic (exact) mass is 172 g/mol. The fourth-order valence-corrected chi connectivity index (χ4v) is 1.54. The van der Waals surface area contributed by atoms with Crippen LogP contribution in [-0.2, 0) is 9.47 Å². The molecule has 2 heteroatoms. The van der Waals surface area contributed by atoms with Crippen LogP contribution in [0.15, 0.2) is 0 Å². The standard InChI is InChI=1S/C10H20O2/c1-5-6-7(2)10-11-8(3)9(4)12-10/h7-10H,5-6H2,1-4H3. The molecule has 3 atom stereocenters. The van der Waals surface area contributed by atoms with Crippen molar-refractivity contribution in [2.45, 2.75) is 59.0 Å². The van der Waals surface area contributed by atoms with E-state index in [2.05, 4.69) is 27.7 Å². The van der Waals surface area contributed by atoms with Crippen LogP contribution >= 0.6 is 0 Å². The predicted molar refractivity (Wildman–Crippen MR) is 49.0 cm³/mol. The van der Waals surface area contributed by atoms with Gasteiger partial charge in [0.05, 0.1) is 12.2 Å². The van der Waals surface area contributed by atoms with Crippen LogP contribution in [0.4, 0.5) is 0 Å². The summed E-state index contributed by atoms with van der Waals surface area (Å²) < 4.78 is 11.3. The molecule has 1 heterocycles. The Morgan fingerprint density at radius 2 is 1.67 bits per heavy atom. The molecule has 0 radical (unpaired) electrons. The van der Waals surface area contributed by atoms with Crippen LogP contribution in [0.3, 0.4) is 0 Å². The highest BCUT2D eigenvalue weighted by atomic mass is 16.7. The molecule has 72 valence electrons. The fourth-order valence-electron chi connectivity index (χ4n) is 1.54. The summed E-state index contributed by atoms with van der Waals surface area (Å²) in [7, 11) is 0. The van der Waals surface area contributed by atoms with Crippen molar-refractivity contribution in [3.8, 4) is 0 Å². The summed E-state index contributed by atoms with van der Waals surface area (Å²) in [4.78, 5) is 0. The van der Waals surface area contributed by atoms with E-state index in [0.29, 0.717) is 5.92 Å².